The van der Waals surface area contributed by atoms with Crippen LogP contribution in [0, 0.1) is 0 Å². The van der Waals surface area contributed by atoms with Crippen molar-refractivity contribution in [2.24, 2.45) is 5.73 Å². The second-order valence-electron chi connectivity index (χ2n) is 4.23. The fourth-order valence-electron chi connectivity index (χ4n) is 2.39. The van der Waals surface area contributed by atoms with E-state index in [1.165, 1.54) is 0 Å². The van der Waals surface area contributed by atoms with Crippen molar-refractivity contribution in [1.29, 1.82) is 0 Å². The Labute approximate surface area is 109 Å². The number of nitrogens with two attached hydrogens (primary N) is 1. The number of halogens is 2. The van der Waals surface area contributed by atoms with Crippen LogP contribution in [0.2, 0.25) is 0 Å². The van der Waals surface area contributed by atoms with Gasteiger partial charge in [0.15, 0.2) is 0 Å². The standard InChI is InChI=1S/C13H16BrFN2/c1-2-8(5-16)13-10-6-17-7-11(14)9(10)3-4-12(13)15/h6-7,12H,2-5,16H2,1H3/b13-8-. The van der Waals surface area contributed by atoms with Crippen molar-refractivity contribution in [3.8, 4) is 0 Å². The van der Waals surface area contributed by atoms with E-state index in [2.05, 4.69) is 20.9 Å². The monoisotopic (exact) mass is 298 g/mol. The molecule has 0 bridgehead atoms. The van der Waals surface area contributed by atoms with Gasteiger partial charge in [-0.1, -0.05) is 12.5 Å². The lowest BCUT2D eigenvalue weighted by molar-refractivity contribution is 0.381. The Hall–Kier alpha value is -0.740. The van der Waals surface area contributed by atoms with E-state index in [1.54, 1.807) is 12.4 Å². The van der Waals surface area contributed by atoms with Crippen molar-refractivity contribution in [3.63, 3.8) is 0 Å². The van der Waals surface area contributed by atoms with Crippen LogP contribution in [0.4, 0.5) is 4.39 Å². The first kappa shape index (κ1) is 12.7. The fraction of sp³-hybridized carbons (Fsp3) is 0.462. The first-order valence-corrected chi connectivity index (χ1v) is 6.67. The largest absolute Gasteiger partial charge is 0.327 e. The van der Waals surface area contributed by atoms with Crippen molar-refractivity contribution in [2.75, 3.05) is 6.54 Å². The topological polar surface area (TPSA) is 38.9 Å². The smallest absolute Gasteiger partial charge is 0.126 e. The highest BCUT2D eigenvalue weighted by molar-refractivity contribution is 9.10. The molecule has 1 aliphatic rings. The molecule has 1 heterocycles. The lowest BCUT2D eigenvalue weighted by atomic mass is 9.84. The minimum absolute atomic E-state index is 0.415. The summed E-state index contributed by atoms with van der Waals surface area (Å²) >= 11 is 3.48. The first-order chi connectivity index (χ1) is 8.19. The highest BCUT2D eigenvalue weighted by Gasteiger charge is 2.27. The number of hydrogen-bond donors (Lipinski definition) is 1. The van der Waals surface area contributed by atoms with Crippen LogP contribution in [0.1, 0.15) is 30.9 Å². The Morgan fingerprint density at radius 1 is 1.59 bits per heavy atom. The summed E-state index contributed by atoms with van der Waals surface area (Å²) in [5.41, 5.74) is 9.57. The normalized spacial score (nSPS) is 22.2. The first-order valence-electron chi connectivity index (χ1n) is 5.87. The Kier molecular flexibility index (Phi) is 3.94. The Morgan fingerprint density at radius 3 is 3.00 bits per heavy atom. The summed E-state index contributed by atoms with van der Waals surface area (Å²) in [4.78, 5) is 4.14. The van der Waals surface area contributed by atoms with Gasteiger partial charge in [-0.2, -0.15) is 0 Å². The molecule has 1 unspecified atom stereocenters. The van der Waals surface area contributed by atoms with E-state index < -0.39 is 6.17 Å². The van der Waals surface area contributed by atoms with E-state index in [0.717, 1.165) is 39.6 Å². The van der Waals surface area contributed by atoms with Crippen LogP contribution in [0.25, 0.3) is 5.57 Å². The molecule has 1 aromatic rings. The minimum Gasteiger partial charge on any atom is -0.327 e. The van der Waals surface area contributed by atoms with Gasteiger partial charge in [-0.25, -0.2) is 4.39 Å². The number of allylic oxidation sites excluding steroid dienone is 1. The molecular formula is C13H16BrFN2. The quantitative estimate of drug-likeness (QED) is 0.910. The number of aromatic nitrogens is 1. The third kappa shape index (κ3) is 2.29. The maximum absolute atomic E-state index is 14.1. The summed E-state index contributed by atoms with van der Waals surface area (Å²) < 4.78 is 15.1. The summed E-state index contributed by atoms with van der Waals surface area (Å²) in [6.07, 6.45) is 4.70. The van der Waals surface area contributed by atoms with Gasteiger partial charge in [0.1, 0.15) is 6.17 Å². The Bertz CT molecular complexity index is 451. The van der Waals surface area contributed by atoms with Gasteiger partial charge in [0.25, 0.3) is 0 Å². The second-order valence-corrected chi connectivity index (χ2v) is 5.08. The van der Waals surface area contributed by atoms with E-state index in [1.807, 2.05) is 6.92 Å². The third-order valence-electron chi connectivity index (χ3n) is 3.31. The van der Waals surface area contributed by atoms with Gasteiger partial charge in [-0.05, 0) is 46.3 Å². The van der Waals surface area contributed by atoms with E-state index in [4.69, 9.17) is 5.73 Å². The molecule has 92 valence electrons. The second kappa shape index (κ2) is 5.27. The molecule has 2 nitrogen and oxygen atoms in total. The predicted octanol–water partition coefficient (Wildman–Crippen LogP) is 3.25. The number of fused-ring (bicyclic) bond motifs is 1. The highest BCUT2D eigenvalue weighted by Crippen LogP contribution is 2.38. The van der Waals surface area contributed by atoms with Gasteiger partial charge in [0, 0.05) is 29.0 Å². The molecule has 1 aromatic heterocycles. The summed E-state index contributed by atoms with van der Waals surface area (Å²) in [5.74, 6) is 0. The van der Waals surface area contributed by atoms with Crippen LogP contribution in [0.3, 0.4) is 0 Å². The molecule has 2 N–H and O–H groups in total. The van der Waals surface area contributed by atoms with Crippen LogP contribution >= 0.6 is 15.9 Å². The fourth-order valence-corrected chi connectivity index (χ4v) is 2.92. The molecule has 0 saturated carbocycles. The summed E-state index contributed by atoms with van der Waals surface area (Å²) in [7, 11) is 0. The van der Waals surface area contributed by atoms with E-state index in [9.17, 15) is 4.39 Å². The molecule has 0 aromatic carbocycles. The molecule has 0 aliphatic heterocycles. The molecule has 0 spiro atoms. The van der Waals surface area contributed by atoms with Crippen molar-refractivity contribution in [2.45, 2.75) is 32.4 Å². The van der Waals surface area contributed by atoms with Crippen LogP contribution in [0.15, 0.2) is 22.4 Å². The average molecular weight is 299 g/mol. The lowest BCUT2D eigenvalue weighted by Gasteiger charge is -2.25. The van der Waals surface area contributed by atoms with Gasteiger partial charge < -0.3 is 5.73 Å². The van der Waals surface area contributed by atoms with Crippen molar-refractivity contribution in [3.05, 3.63) is 33.6 Å². The average Bonchev–Trinajstić information content (AvgIpc) is 2.33. The van der Waals surface area contributed by atoms with Crippen LogP contribution in [-0.2, 0) is 6.42 Å². The van der Waals surface area contributed by atoms with Crippen molar-refractivity contribution < 1.29 is 4.39 Å². The number of pyridine rings is 1. The van der Waals surface area contributed by atoms with Gasteiger partial charge >= 0.3 is 0 Å². The van der Waals surface area contributed by atoms with E-state index >= 15 is 0 Å². The molecule has 0 saturated heterocycles. The van der Waals surface area contributed by atoms with Crippen molar-refractivity contribution in [1.82, 2.24) is 4.98 Å². The summed E-state index contributed by atoms with van der Waals surface area (Å²) in [6, 6.07) is 0. The third-order valence-corrected chi connectivity index (χ3v) is 3.99. The summed E-state index contributed by atoms with van der Waals surface area (Å²) in [6.45, 7) is 2.43. The Balaban J connectivity index is 2.62. The molecule has 17 heavy (non-hydrogen) atoms. The molecule has 0 radical (unpaired) electrons. The molecule has 1 atom stereocenters. The van der Waals surface area contributed by atoms with Crippen LogP contribution < -0.4 is 5.73 Å². The Morgan fingerprint density at radius 2 is 2.35 bits per heavy atom. The zero-order valence-corrected chi connectivity index (χ0v) is 11.4. The number of rotatable bonds is 2. The predicted molar refractivity (Wildman–Crippen MR) is 71.4 cm³/mol. The zero-order valence-electron chi connectivity index (χ0n) is 9.84. The van der Waals surface area contributed by atoms with Crippen LogP contribution in [-0.4, -0.2) is 17.7 Å². The lowest BCUT2D eigenvalue weighted by Crippen LogP contribution is -2.19. The van der Waals surface area contributed by atoms with E-state index in [0.29, 0.717) is 13.0 Å². The number of nitrogens with zero attached hydrogens (tertiary/aromatic N) is 1. The molecule has 0 amide bonds. The van der Waals surface area contributed by atoms with Crippen LogP contribution in [0.5, 0.6) is 0 Å². The SMILES string of the molecule is CC/C(CN)=C1\c2cncc(Br)c2CCC1F. The van der Waals surface area contributed by atoms with Gasteiger partial charge in [-0.3, -0.25) is 4.98 Å². The highest BCUT2D eigenvalue weighted by atomic mass is 79.9. The van der Waals surface area contributed by atoms with Crippen molar-refractivity contribution >= 4 is 21.5 Å². The van der Waals surface area contributed by atoms with Gasteiger partial charge in [0.2, 0.25) is 0 Å². The summed E-state index contributed by atoms with van der Waals surface area (Å²) in [5, 5.41) is 0. The number of hydrogen-bond acceptors (Lipinski definition) is 2. The van der Waals surface area contributed by atoms with Gasteiger partial charge in [-0.15, -0.1) is 0 Å². The molecule has 0 fully saturated rings. The number of alkyl halides is 1. The molecule has 1 aliphatic carbocycles. The van der Waals surface area contributed by atoms with E-state index in [-0.39, 0.29) is 0 Å². The zero-order chi connectivity index (χ0) is 12.4. The maximum Gasteiger partial charge on any atom is 0.126 e. The minimum atomic E-state index is -0.905. The molecule has 2 rings (SSSR count). The van der Waals surface area contributed by atoms with Gasteiger partial charge in [0.05, 0.1) is 0 Å². The molecule has 4 heteroatoms. The maximum atomic E-state index is 14.1. The molecular weight excluding hydrogens is 283 g/mol.